The topological polar surface area (TPSA) is 69.7 Å². The summed E-state index contributed by atoms with van der Waals surface area (Å²) in [7, 11) is 3.22. The molecule has 0 aliphatic rings. The van der Waals surface area contributed by atoms with E-state index in [0.29, 0.717) is 25.2 Å². The van der Waals surface area contributed by atoms with E-state index in [4.69, 9.17) is 0 Å². The quantitative estimate of drug-likeness (QED) is 0.321. The van der Waals surface area contributed by atoms with Gasteiger partial charge in [0.1, 0.15) is 6.04 Å². The van der Waals surface area contributed by atoms with E-state index in [1.54, 1.807) is 14.1 Å². The van der Waals surface area contributed by atoms with Crippen LogP contribution in [-0.2, 0) is 14.4 Å². The third kappa shape index (κ3) is 6.76. The largest absolute Gasteiger partial charge is 0.330 e. The number of amides is 2. The molecule has 2 amide bonds. The van der Waals surface area contributed by atoms with Crippen LogP contribution in [0.5, 0.6) is 0 Å². The van der Waals surface area contributed by atoms with Crippen molar-refractivity contribution < 1.29 is 14.4 Å². The predicted octanol–water partition coefficient (Wildman–Crippen LogP) is 2.83. The molecule has 0 aromatic carbocycles. The van der Waals surface area contributed by atoms with Crippen molar-refractivity contribution in [3.8, 4) is 0 Å². The molecular formula is C21H39N3O3. The molecule has 3 atom stereocenters. The molecule has 6 heteroatoms. The number of hydrogen-bond donors (Lipinski definition) is 1. The average molecular weight is 382 g/mol. The van der Waals surface area contributed by atoms with Crippen LogP contribution in [0.25, 0.3) is 0 Å². The van der Waals surface area contributed by atoms with Crippen LogP contribution in [0.4, 0.5) is 0 Å². The van der Waals surface area contributed by atoms with Gasteiger partial charge in [0.05, 0.1) is 0 Å². The number of likely N-dealkylation sites (N-methyl/N-ethyl adjacent to an activating group) is 2. The molecular weight excluding hydrogens is 342 g/mol. The Morgan fingerprint density at radius 1 is 1.15 bits per heavy atom. The number of nitrogens with zero attached hydrogens (tertiary/aromatic N) is 2. The van der Waals surface area contributed by atoms with E-state index >= 15 is 0 Å². The number of carbonyl (C=O) groups excluding carboxylic acids is 3. The maximum absolute atomic E-state index is 13.2. The Morgan fingerprint density at radius 3 is 2.07 bits per heavy atom. The molecule has 1 N–H and O–H groups in total. The van der Waals surface area contributed by atoms with Crippen LogP contribution in [0.15, 0.2) is 12.7 Å². The Kier molecular flexibility index (Phi) is 10.5. The van der Waals surface area contributed by atoms with Crippen molar-refractivity contribution in [1.82, 2.24) is 15.1 Å². The van der Waals surface area contributed by atoms with Crippen LogP contribution in [0.3, 0.4) is 0 Å². The summed E-state index contributed by atoms with van der Waals surface area (Å²) < 4.78 is 0. The molecule has 0 aliphatic carbocycles. The van der Waals surface area contributed by atoms with Crippen molar-refractivity contribution in [1.29, 1.82) is 0 Å². The molecule has 0 heterocycles. The zero-order chi connectivity index (χ0) is 21.4. The molecule has 0 rings (SSSR count). The first-order chi connectivity index (χ1) is 12.5. The van der Waals surface area contributed by atoms with E-state index in [9.17, 15) is 14.4 Å². The average Bonchev–Trinajstić information content (AvgIpc) is 2.60. The molecule has 0 spiro atoms. The van der Waals surface area contributed by atoms with E-state index in [1.807, 2.05) is 27.7 Å². The van der Waals surface area contributed by atoms with Crippen LogP contribution in [-0.4, -0.2) is 59.7 Å². The highest BCUT2D eigenvalue weighted by atomic mass is 16.2. The second-order valence-electron chi connectivity index (χ2n) is 8.15. The molecule has 1 unspecified atom stereocenters. The molecule has 0 aliphatic heterocycles. The third-order valence-corrected chi connectivity index (χ3v) is 5.07. The fourth-order valence-corrected chi connectivity index (χ4v) is 3.00. The molecule has 0 saturated heterocycles. The fourth-order valence-electron chi connectivity index (χ4n) is 3.00. The van der Waals surface area contributed by atoms with Crippen LogP contribution < -0.4 is 5.32 Å². The molecule has 6 nitrogen and oxygen atoms in total. The summed E-state index contributed by atoms with van der Waals surface area (Å²) in [6.07, 6.45) is 3.83. The van der Waals surface area contributed by atoms with E-state index in [2.05, 4.69) is 25.7 Å². The summed E-state index contributed by atoms with van der Waals surface area (Å²) in [4.78, 5) is 40.6. The van der Waals surface area contributed by atoms with E-state index < -0.39 is 11.7 Å². The Labute approximate surface area is 165 Å². The summed E-state index contributed by atoms with van der Waals surface area (Å²) in [6.45, 7) is 15.8. The highest BCUT2D eigenvalue weighted by Gasteiger charge is 2.42. The van der Waals surface area contributed by atoms with Crippen LogP contribution in [0.2, 0.25) is 0 Å². The number of hydrogen-bond acceptors (Lipinski definition) is 4. The third-order valence-electron chi connectivity index (χ3n) is 5.07. The van der Waals surface area contributed by atoms with Crippen molar-refractivity contribution in [2.45, 2.75) is 78.6 Å². The van der Waals surface area contributed by atoms with Gasteiger partial charge >= 0.3 is 0 Å². The Balaban J connectivity index is 5.82. The lowest BCUT2D eigenvalue weighted by atomic mass is 9.93. The lowest BCUT2D eigenvalue weighted by Crippen LogP contribution is -2.66. The lowest BCUT2D eigenvalue weighted by Gasteiger charge is -2.44. The van der Waals surface area contributed by atoms with E-state index in [-0.39, 0.29) is 23.8 Å². The summed E-state index contributed by atoms with van der Waals surface area (Å²) in [5.41, 5.74) is -1.13. The number of aldehydes is 1. The Hall–Kier alpha value is -1.69. The lowest BCUT2D eigenvalue weighted by molar-refractivity contribution is -0.150. The summed E-state index contributed by atoms with van der Waals surface area (Å²) in [5.74, 6) is 0.0457. The van der Waals surface area contributed by atoms with Gasteiger partial charge < -0.3 is 9.80 Å². The van der Waals surface area contributed by atoms with Crippen molar-refractivity contribution in [2.75, 3.05) is 14.1 Å². The minimum absolute atomic E-state index is 0.0332. The zero-order valence-electron chi connectivity index (χ0n) is 18.4. The molecule has 0 aromatic rings. The molecule has 0 bridgehead atoms. The first kappa shape index (κ1) is 25.3. The second-order valence-corrected chi connectivity index (χ2v) is 8.15. The Morgan fingerprint density at radius 2 is 1.70 bits per heavy atom. The molecule has 0 saturated carbocycles. The van der Waals surface area contributed by atoms with Crippen molar-refractivity contribution in [2.24, 2.45) is 11.8 Å². The maximum atomic E-state index is 13.2. The second kappa shape index (κ2) is 11.2. The zero-order valence-corrected chi connectivity index (χ0v) is 18.4. The number of rotatable bonds is 12. The fraction of sp³-hybridized carbons (Fsp3) is 0.762. The van der Waals surface area contributed by atoms with Crippen LogP contribution in [0, 0.1) is 11.8 Å². The van der Waals surface area contributed by atoms with Gasteiger partial charge in [0.2, 0.25) is 5.91 Å². The molecule has 0 aromatic heterocycles. The van der Waals surface area contributed by atoms with Crippen molar-refractivity contribution in [3.63, 3.8) is 0 Å². The molecule has 0 radical (unpaired) electrons. The van der Waals surface area contributed by atoms with Gasteiger partial charge in [-0.1, -0.05) is 40.7 Å². The normalized spacial score (nSPS) is 15.8. The summed E-state index contributed by atoms with van der Waals surface area (Å²) >= 11 is 0. The first-order valence-corrected chi connectivity index (χ1v) is 9.87. The van der Waals surface area contributed by atoms with E-state index in [0.717, 1.165) is 6.29 Å². The predicted molar refractivity (Wildman–Crippen MR) is 110 cm³/mol. The van der Waals surface area contributed by atoms with Gasteiger partial charge in [-0.15, -0.1) is 6.58 Å². The first-order valence-electron chi connectivity index (χ1n) is 9.87. The number of carbonyl (C=O) groups is 3. The van der Waals surface area contributed by atoms with Gasteiger partial charge in [-0.05, 0) is 31.6 Å². The summed E-state index contributed by atoms with van der Waals surface area (Å²) in [6, 6.07) is -0.775. The Bertz CT molecular complexity index is 519. The van der Waals surface area contributed by atoms with Gasteiger partial charge in [0.25, 0.3) is 5.91 Å². The summed E-state index contributed by atoms with van der Waals surface area (Å²) in [5, 5.41) is 3.36. The monoisotopic (exact) mass is 381 g/mol. The highest BCUT2D eigenvalue weighted by molar-refractivity contribution is 5.91. The number of nitrogens with one attached hydrogen (secondary N) is 1. The van der Waals surface area contributed by atoms with Gasteiger partial charge in [-0.3, -0.25) is 19.7 Å². The minimum Gasteiger partial charge on any atom is -0.330 e. The smallest absolute Gasteiger partial charge is 0.250 e. The molecule has 27 heavy (non-hydrogen) atoms. The van der Waals surface area contributed by atoms with Crippen molar-refractivity contribution >= 4 is 18.1 Å². The van der Waals surface area contributed by atoms with Crippen molar-refractivity contribution in [3.05, 3.63) is 12.7 Å². The van der Waals surface area contributed by atoms with E-state index in [1.165, 1.54) is 15.9 Å². The van der Waals surface area contributed by atoms with Gasteiger partial charge in [0, 0.05) is 26.6 Å². The van der Waals surface area contributed by atoms with Crippen LogP contribution in [0.1, 0.15) is 60.8 Å². The maximum Gasteiger partial charge on any atom is 0.250 e. The van der Waals surface area contributed by atoms with Crippen LogP contribution >= 0.6 is 0 Å². The van der Waals surface area contributed by atoms with Gasteiger partial charge in [-0.25, -0.2) is 0 Å². The van der Waals surface area contributed by atoms with Gasteiger partial charge in [0.15, 0.2) is 11.9 Å². The molecule has 0 fully saturated rings. The standard InChI is InChI=1S/C21H39N3O3/c1-10-12-19(26)23(8)18(11-2)20(27)24(9)21(14-25,13-15(3)4)22-17(7)16(5)6/h11,14-18,22H,2,10,12-13H2,1,3-9H3/t17-,18-,21?/m1/s1. The van der Waals surface area contributed by atoms with Gasteiger partial charge in [-0.2, -0.15) is 0 Å². The molecule has 156 valence electrons. The minimum atomic E-state index is -1.13. The SMILES string of the molecule is C=C[C@H](C(=O)N(C)C(C=O)(CC(C)C)N[C@H](C)C(C)C)N(C)C(=O)CCC. The highest BCUT2D eigenvalue weighted by Crippen LogP contribution is 2.23.